The molecular formula is C34H27ClN4O4. The number of aromatic amines is 1. The van der Waals surface area contributed by atoms with Gasteiger partial charge in [-0.1, -0.05) is 60.1 Å². The zero-order valence-corrected chi connectivity index (χ0v) is 24.0. The smallest absolute Gasteiger partial charge is 0.332 e. The molecule has 8 nitrogen and oxygen atoms in total. The lowest BCUT2D eigenvalue weighted by molar-refractivity contribution is -0.120. The molecule has 0 unspecified atom stereocenters. The molecule has 3 heterocycles. The molecule has 4 aromatic carbocycles. The second-order valence-electron chi connectivity index (χ2n) is 10.6. The molecule has 2 atom stereocenters. The van der Waals surface area contributed by atoms with Crippen LogP contribution in [0.1, 0.15) is 38.8 Å². The Labute approximate surface area is 252 Å². The first-order chi connectivity index (χ1) is 20.9. The maximum Gasteiger partial charge on any atom is 0.332 e. The quantitative estimate of drug-likeness (QED) is 0.229. The molecule has 0 spiro atoms. The van der Waals surface area contributed by atoms with Crippen molar-refractivity contribution in [3.05, 3.63) is 130 Å². The van der Waals surface area contributed by atoms with Gasteiger partial charge in [0, 0.05) is 40.1 Å². The molecule has 1 fully saturated rings. The highest BCUT2D eigenvalue weighted by Gasteiger charge is 2.53. The Balaban J connectivity index is 1.20. The van der Waals surface area contributed by atoms with Crippen LogP contribution in [0.25, 0.3) is 10.9 Å². The van der Waals surface area contributed by atoms with Crippen molar-refractivity contribution < 1.29 is 19.1 Å². The summed E-state index contributed by atoms with van der Waals surface area (Å²) in [6, 6.07) is 27.8. The normalized spacial score (nSPS) is 17.6. The molecule has 7 rings (SSSR count). The standard InChI is InChI=1S/C34H27ClN4O4/c1-43-24-9-6-8-21(17-24)31-30-26(25-10-3-5-12-28(25)37-30)18-29-33(41)38(34(42)39(29)31)23-15-13-20(14-16-23)32(40)36-19-22-7-2-4-11-27(22)35/h2-17,29,31,37H,18-19H2,1H3,(H,36,40)/t29-,31+/m0/s1. The molecule has 214 valence electrons. The monoisotopic (exact) mass is 590 g/mol. The lowest BCUT2D eigenvalue weighted by Gasteiger charge is -2.36. The van der Waals surface area contributed by atoms with Crippen LogP contribution in [-0.2, 0) is 17.8 Å². The highest BCUT2D eigenvalue weighted by molar-refractivity contribution is 6.31. The fraction of sp³-hybridized carbons (Fsp3) is 0.147. The van der Waals surface area contributed by atoms with E-state index in [0.717, 1.165) is 33.3 Å². The van der Waals surface area contributed by atoms with Gasteiger partial charge < -0.3 is 15.0 Å². The number of urea groups is 1. The fourth-order valence-electron chi connectivity index (χ4n) is 6.15. The van der Waals surface area contributed by atoms with Gasteiger partial charge in [-0.05, 0) is 65.2 Å². The molecule has 0 bridgehead atoms. The zero-order chi connectivity index (χ0) is 29.7. The Morgan fingerprint density at radius 3 is 2.53 bits per heavy atom. The summed E-state index contributed by atoms with van der Waals surface area (Å²) in [5, 5.41) is 4.48. The Bertz CT molecular complexity index is 1900. The summed E-state index contributed by atoms with van der Waals surface area (Å²) < 4.78 is 5.49. The Hall–Kier alpha value is -5.08. The van der Waals surface area contributed by atoms with E-state index in [1.54, 1.807) is 42.3 Å². The van der Waals surface area contributed by atoms with Gasteiger partial charge in [-0.15, -0.1) is 0 Å². The third-order valence-corrected chi connectivity index (χ3v) is 8.61. The van der Waals surface area contributed by atoms with Gasteiger partial charge in [-0.2, -0.15) is 0 Å². The largest absolute Gasteiger partial charge is 0.497 e. The number of methoxy groups -OCH3 is 1. The number of aromatic nitrogens is 1. The number of carbonyl (C=O) groups excluding carboxylic acids is 3. The minimum atomic E-state index is -0.686. The molecule has 2 aliphatic rings. The summed E-state index contributed by atoms with van der Waals surface area (Å²) in [6.45, 7) is 0.278. The molecule has 0 aliphatic carbocycles. The summed E-state index contributed by atoms with van der Waals surface area (Å²) in [4.78, 5) is 47.3. The number of hydrogen-bond acceptors (Lipinski definition) is 4. The highest BCUT2D eigenvalue weighted by atomic mass is 35.5. The topological polar surface area (TPSA) is 94.7 Å². The van der Waals surface area contributed by atoms with E-state index < -0.39 is 18.1 Å². The molecule has 0 saturated carbocycles. The van der Waals surface area contributed by atoms with E-state index in [1.807, 2.05) is 66.7 Å². The number of H-pyrrole nitrogens is 1. The van der Waals surface area contributed by atoms with Crippen LogP contribution >= 0.6 is 11.6 Å². The Morgan fingerprint density at radius 2 is 1.74 bits per heavy atom. The van der Waals surface area contributed by atoms with E-state index >= 15 is 0 Å². The van der Waals surface area contributed by atoms with Gasteiger partial charge in [0.2, 0.25) is 0 Å². The van der Waals surface area contributed by atoms with Gasteiger partial charge in [-0.25, -0.2) is 9.69 Å². The number of hydrogen-bond donors (Lipinski definition) is 2. The average molecular weight is 591 g/mol. The molecule has 2 N–H and O–H groups in total. The van der Waals surface area contributed by atoms with Gasteiger partial charge in [0.25, 0.3) is 11.8 Å². The minimum Gasteiger partial charge on any atom is -0.497 e. The number of halogens is 1. The number of carbonyl (C=O) groups is 3. The molecule has 2 aliphatic heterocycles. The van der Waals surface area contributed by atoms with Crippen LogP contribution in [0.15, 0.2) is 97.1 Å². The SMILES string of the molecule is COc1cccc([C@@H]2c3[nH]c4ccccc4c3C[C@H]3C(=O)N(c4ccc(C(=O)NCc5ccccc5Cl)cc4)C(=O)N23)c1. The predicted octanol–water partition coefficient (Wildman–Crippen LogP) is 6.24. The number of nitrogens with one attached hydrogen (secondary N) is 2. The van der Waals surface area contributed by atoms with Crippen LogP contribution in [0.4, 0.5) is 10.5 Å². The lowest BCUT2D eigenvalue weighted by atomic mass is 9.89. The second kappa shape index (κ2) is 10.6. The van der Waals surface area contributed by atoms with Crippen LogP contribution in [0.5, 0.6) is 5.75 Å². The fourth-order valence-corrected chi connectivity index (χ4v) is 6.35. The number of nitrogens with zero attached hydrogens (tertiary/aromatic N) is 2. The summed E-state index contributed by atoms with van der Waals surface area (Å²) in [7, 11) is 1.60. The molecule has 1 saturated heterocycles. The maximum atomic E-state index is 14.1. The number of anilines is 1. The number of ether oxygens (including phenoxy) is 1. The molecule has 4 amide bonds. The van der Waals surface area contributed by atoms with Gasteiger partial charge in [-0.3, -0.25) is 14.5 Å². The average Bonchev–Trinajstić information content (AvgIpc) is 3.53. The molecule has 1 aromatic heterocycles. The first-order valence-corrected chi connectivity index (χ1v) is 14.3. The van der Waals surface area contributed by atoms with Crippen LogP contribution in [0.3, 0.4) is 0 Å². The lowest BCUT2D eigenvalue weighted by Crippen LogP contribution is -2.44. The number of rotatable bonds is 6. The number of para-hydroxylation sites is 1. The van der Waals surface area contributed by atoms with Crippen LogP contribution in [0.2, 0.25) is 5.02 Å². The molecule has 9 heteroatoms. The summed E-state index contributed by atoms with van der Waals surface area (Å²) in [5.74, 6) is 0.0756. The number of imide groups is 1. The van der Waals surface area contributed by atoms with Crippen molar-refractivity contribution in [1.29, 1.82) is 0 Å². The van der Waals surface area contributed by atoms with E-state index in [0.29, 0.717) is 28.4 Å². The van der Waals surface area contributed by atoms with E-state index in [1.165, 1.54) is 4.90 Å². The predicted molar refractivity (Wildman–Crippen MR) is 164 cm³/mol. The van der Waals surface area contributed by atoms with Gasteiger partial charge in [0.05, 0.1) is 12.8 Å². The minimum absolute atomic E-state index is 0.278. The third-order valence-electron chi connectivity index (χ3n) is 8.24. The number of fused-ring (bicyclic) bond motifs is 4. The second-order valence-corrected chi connectivity index (χ2v) is 11.1. The van der Waals surface area contributed by atoms with Crippen molar-refractivity contribution in [2.75, 3.05) is 12.0 Å². The first-order valence-electron chi connectivity index (χ1n) is 14.0. The Kier molecular flexibility index (Phi) is 6.63. The van der Waals surface area contributed by atoms with Crippen LogP contribution in [0, 0.1) is 0 Å². The highest BCUT2D eigenvalue weighted by Crippen LogP contribution is 2.45. The molecular weight excluding hydrogens is 564 g/mol. The summed E-state index contributed by atoms with van der Waals surface area (Å²) >= 11 is 6.21. The first kappa shape index (κ1) is 26.8. The van der Waals surface area contributed by atoms with Crippen LogP contribution in [-0.4, -0.2) is 40.9 Å². The molecule has 5 aromatic rings. The van der Waals surface area contributed by atoms with E-state index in [-0.39, 0.29) is 18.4 Å². The molecule has 0 radical (unpaired) electrons. The van der Waals surface area contributed by atoms with Gasteiger partial charge in [0.15, 0.2) is 0 Å². The zero-order valence-electron chi connectivity index (χ0n) is 23.2. The van der Waals surface area contributed by atoms with Crippen molar-refractivity contribution in [1.82, 2.24) is 15.2 Å². The Morgan fingerprint density at radius 1 is 0.977 bits per heavy atom. The van der Waals surface area contributed by atoms with Gasteiger partial charge >= 0.3 is 6.03 Å². The van der Waals surface area contributed by atoms with E-state index in [2.05, 4.69) is 10.3 Å². The van der Waals surface area contributed by atoms with Crippen LogP contribution < -0.4 is 15.0 Å². The number of benzene rings is 4. The van der Waals surface area contributed by atoms with Crippen molar-refractivity contribution in [3.8, 4) is 5.75 Å². The van der Waals surface area contributed by atoms with Crippen molar-refractivity contribution in [3.63, 3.8) is 0 Å². The third kappa shape index (κ3) is 4.51. The van der Waals surface area contributed by atoms with Gasteiger partial charge in [0.1, 0.15) is 17.8 Å². The number of amides is 4. The maximum absolute atomic E-state index is 14.1. The summed E-state index contributed by atoms with van der Waals surface area (Å²) in [5.41, 5.74) is 5.33. The van der Waals surface area contributed by atoms with Crippen molar-refractivity contribution >= 4 is 46.0 Å². The van der Waals surface area contributed by atoms with E-state index in [4.69, 9.17) is 16.3 Å². The van der Waals surface area contributed by atoms with Crippen molar-refractivity contribution in [2.45, 2.75) is 25.0 Å². The molecule has 43 heavy (non-hydrogen) atoms. The van der Waals surface area contributed by atoms with Crippen molar-refractivity contribution in [2.24, 2.45) is 0 Å². The van der Waals surface area contributed by atoms with E-state index in [9.17, 15) is 14.4 Å². The summed E-state index contributed by atoms with van der Waals surface area (Å²) in [6.07, 6.45) is 0.392.